The third kappa shape index (κ3) is 6.64. The maximum atomic E-state index is 12.0. The van der Waals surface area contributed by atoms with Crippen LogP contribution < -0.4 is 21.1 Å². The summed E-state index contributed by atoms with van der Waals surface area (Å²) in [5.41, 5.74) is 6.03. The molecule has 25 heavy (non-hydrogen) atoms. The van der Waals surface area contributed by atoms with E-state index in [1.165, 1.54) is 12.1 Å². The molecule has 1 aliphatic rings. The highest BCUT2D eigenvalue weighted by Gasteiger charge is 2.31. The highest BCUT2D eigenvalue weighted by atomic mass is 127. The molecule has 1 saturated heterocycles. The molecular weight excluding hydrogens is 458 g/mol. The summed E-state index contributed by atoms with van der Waals surface area (Å²) >= 11 is 0. The number of urea groups is 1. The molecule has 0 bridgehead atoms. The van der Waals surface area contributed by atoms with Crippen LogP contribution in [-0.4, -0.2) is 48.8 Å². The smallest absolute Gasteiger partial charge is 0.406 e. The van der Waals surface area contributed by atoms with Crippen molar-refractivity contribution in [3.05, 3.63) is 24.3 Å². The van der Waals surface area contributed by atoms with Crippen LogP contribution in [0.4, 0.5) is 23.7 Å². The number of nitrogens with two attached hydrogens (primary N) is 1. The molecule has 0 spiro atoms. The average molecular weight is 473 g/mol. The van der Waals surface area contributed by atoms with E-state index in [0.29, 0.717) is 5.69 Å². The topological polar surface area (TPSA) is 109 Å². The highest BCUT2D eigenvalue weighted by Crippen LogP contribution is 2.23. The molecule has 138 valence electrons. The fraction of sp³-hybridized carbons (Fsp3) is 0.308. The molecule has 3 amide bonds. The van der Waals surface area contributed by atoms with Crippen LogP contribution in [-0.2, 0) is 4.79 Å². The van der Waals surface area contributed by atoms with E-state index in [0.717, 1.165) is 17.0 Å². The van der Waals surface area contributed by atoms with E-state index in [9.17, 15) is 22.8 Å². The van der Waals surface area contributed by atoms with E-state index in [-0.39, 0.29) is 61.2 Å². The van der Waals surface area contributed by atoms with Crippen molar-refractivity contribution >= 4 is 47.6 Å². The Morgan fingerprint density at radius 1 is 1.32 bits per heavy atom. The zero-order chi connectivity index (χ0) is 17.7. The Morgan fingerprint density at radius 2 is 1.96 bits per heavy atom. The number of hydrogen-bond donors (Lipinski definition) is 3. The first-order valence-electron chi connectivity index (χ1n) is 6.75. The van der Waals surface area contributed by atoms with Crippen molar-refractivity contribution < 1.29 is 27.5 Å². The minimum absolute atomic E-state index is 0. The van der Waals surface area contributed by atoms with Crippen molar-refractivity contribution in [1.29, 1.82) is 0 Å². The number of halogens is 4. The molecule has 1 aromatic rings. The highest BCUT2D eigenvalue weighted by molar-refractivity contribution is 14.0. The Hall–Kier alpha value is -2.25. The summed E-state index contributed by atoms with van der Waals surface area (Å²) in [6.45, 7) is 0.126. The molecular formula is C13H15F3IN5O3. The molecule has 0 atom stereocenters. The van der Waals surface area contributed by atoms with Gasteiger partial charge in [0.05, 0.1) is 19.6 Å². The van der Waals surface area contributed by atoms with Crippen molar-refractivity contribution in [2.24, 2.45) is 10.7 Å². The van der Waals surface area contributed by atoms with Gasteiger partial charge in [0.25, 0.3) is 0 Å². The number of amides is 3. The molecule has 0 aromatic heterocycles. The zero-order valence-corrected chi connectivity index (χ0v) is 15.0. The summed E-state index contributed by atoms with van der Waals surface area (Å²) in [7, 11) is 0. The summed E-state index contributed by atoms with van der Waals surface area (Å²) in [6, 6.07) is 4.43. The quantitative estimate of drug-likeness (QED) is 0.260. The number of alkyl halides is 3. The van der Waals surface area contributed by atoms with E-state index in [4.69, 9.17) is 5.73 Å². The number of hydrogen-bond acceptors (Lipinski definition) is 4. The second-order valence-electron chi connectivity index (χ2n) is 4.67. The molecule has 1 fully saturated rings. The van der Waals surface area contributed by atoms with Gasteiger partial charge in [0.15, 0.2) is 5.96 Å². The summed E-state index contributed by atoms with van der Waals surface area (Å²) in [5, 5.41) is 5.04. The third-order valence-corrected chi connectivity index (χ3v) is 2.90. The SMILES string of the molecule is I.NC(=NCCN1C(=O)CNC1=O)Nc1ccc(OC(F)(F)F)cc1. The van der Waals surface area contributed by atoms with E-state index < -0.39 is 12.4 Å². The molecule has 4 N–H and O–H groups in total. The lowest BCUT2D eigenvalue weighted by Crippen LogP contribution is -2.34. The Labute approximate surface area is 157 Å². The normalized spacial score (nSPS) is 14.8. The number of carbonyl (C=O) groups excluding carboxylic acids is 2. The molecule has 1 heterocycles. The van der Waals surface area contributed by atoms with Gasteiger partial charge < -0.3 is 21.1 Å². The zero-order valence-electron chi connectivity index (χ0n) is 12.7. The van der Waals surface area contributed by atoms with Gasteiger partial charge in [-0.05, 0) is 24.3 Å². The van der Waals surface area contributed by atoms with E-state index in [2.05, 4.69) is 20.4 Å². The second kappa shape index (κ2) is 8.73. The summed E-state index contributed by atoms with van der Waals surface area (Å²) in [5.74, 6) is -0.712. The number of ether oxygens (including phenoxy) is 1. The third-order valence-electron chi connectivity index (χ3n) is 2.90. The molecule has 0 unspecified atom stereocenters. The van der Waals surface area contributed by atoms with Crippen LogP contribution in [0.3, 0.4) is 0 Å². The van der Waals surface area contributed by atoms with Gasteiger partial charge in [-0.25, -0.2) is 4.79 Å². The number of benzene rings is 1. The van der Waals surface area contributed by atoms with Crippen molar-refractivity contribution in [3.63, 3.8) is 0 Å². The lowest BCUT2D eigenvalue weighted by atomic mass is 10.3. The Balaban J connectivity index is 0.00000312. The Bertz CT molecular complexity index is 635. The molecule has 0 aliphatic carbocycles. The average Bonchev–Trinajstić information content (AvgIpc) is 2.79. The van der Waals surface area contributed by atoms with Crippen molar-refractivity contribution in [3.8, 4) is 5.75 Å². The van der Waals surface area contributed by atoms with Gasteiger partial charge in [0.1, 0.15) is 5.75 Å². The molecule has 12 heteroatoms. The first kappa shape index (κ1) is 20.8. The fourth-order valence-corrected chi connectivity index (χ4v) is 1.88. The molecule has 1 aliphatic heterocycles. The number of anilines is 1. The lowest BCUT2D eigenvalue weighted by molar-refractivity contribution is -0.274. The lowest BCUT2D eigenvalue weighted by Gasteiger charge is -2.11. The van der Waals surface area contributed by atoms with Crippen LogP contribution in [0.5, 0.6) is 5.75 Å². The maximum Gasteiger partial charge on any atom is 0.573 e. The minimum atomic E-state index is -4.76. The first-order chi connectivity index (χ1) is 11.2. The predicted octanol–water partition coefficient (Wildman–Crippen LogP) is 1.48. The Kier molecular flexibility index (Phi) is 7.26. The van der Waals surface area contributed by atoms with Crippen LogP contribution in [0.2, 0.25) is 0 Å². The van der Waals surface area contributed by atoms with Gasteiger partial charge >= 0.3 is 12.4 Å². The van der Waals surface area contributed by atoms with Crippen molar-refractivity contribution in [2.45, 2.75) is 6.36 Å². The van der Waals surface area contributed by atoms with Crippen molar-refractivity contribution in [2.75, 3.05) is 25.0 Å². The molecule has 1 aromatic carbocycles. The molecule has 2 rings (SSSR count). The van der Waals surface area contributed by atoms with Crippen LogP contribution in [0, 0.1) is 0 Å². The predicted molar refractivity (Wildman–Crippen MR) is 93.8 cm³/mol. The van der Waals surface area contributed by atoms with Gasteiger partial charge in [-0.1, -0.05) is 0 Å². The van der Waals surface area contributed by atoms with Gasteiger partial charge in [-0.3, -0.25) is 14.7 Å². The Morgan fingerprint density at radius 3 is 2.48 bits per heavy atom. The van der Waals surface area contributed by atoms with Crippen LogP contribution in [0.1, 0.15) is 0 Å². The number of aliphatic imine (C=N–C) groups is 1. The molecule has 8 nitrogen and oxygen atoms in total. The summed E-state index contributed by atoms with van der Waals surface area (Å²) < 4.78 is 39.9. The minimum Gasteiger partial charge on any atom is -0.406 e. The first-order valence-corrected chi connectivity index (χ1v) is 6.75. The standard InChI is InChI=1S/C13H14F3N5O3.HI/c14-13(15,16)24-9-3-1-8(2-4-9)20-11(17)18-5-6-21-10(22)7-19-12(21)23;/h1-4H,5-7H2,(H,19,23)(H3,17,18,20);1H. The monoisotopic (exact) mass is 473 g/mol. The number of rotatable bonds is 5. The molecule has 0 saturated carbocycles. The van der Waals surface area contributed by atoms with Crippen LogP contribution in [0.25, 0.3) is 0 Å². The van der Waals surface area contributed by atoms with Gasteiger partial charge in [0, 0.05) is 5.69 Å². The summed E-state index contributed by atoms with van der Waals surface area (Å²) in [6.07, 6.45) is -4.76. The number of nitrogens with zero attached hydrogens (tertiary/aromatic N) is 2. The van der Waals surface area contributed by atoms with Crippen molar-refractivity contribution in [1.82, 2.24) is 10.2 Å². The largest absolute Gasteiger partial charge is 0.573 e. The second-order valence-corrected chi connectivity index (χ2v) is 4.67. The van der Waals surface area contributed by atoms with Gasteiger partial charge in [-0.2, -0.15) is 0 Å². The number of guanidine groups is 1. The number of imide groups is 1. The maximum absolute atomic E-state index is 12.0. The van der Waals surface area contributed by atoms with Gasteiger partial charge in [0.2, 0.25) is 5.91 Å². The molecule has 0 radical (unpaired) electrons. The number of nitrogens with one attached hydrogen (secondary N) is 2. The summed E-state index contributed by atoms with van der Waals surface area (Å²) in [4.78, 5) is 27.6. The van der Waals surface area contributed by atoms with Crippen LogP contribution in [0.15, 0.2) is 29.3 Å². The van der Waals surface area contributed by atoms with Crippen LogP contribution >= 0.6 is 24.0 Å². The fourth-order valence-electron chi connectivity index (χ4n) is 1.88. The van der Waals surface area contributed by atoms with E-state index >= 15 is 0 Å². The van der Waals surface area contributed by atoms with E-state index in [1.54, 1.807) is 0 Å². The van der Waals surface area contributed by atoms with Gasteiger partial charge in [-0.15, -0.1) is 37.1 Å². The number of carbonyl (C=O) groups is 2. The van der Waals surface area contributed by atoms with E-state index in [1.807, 2.05) is 0 Å².